The molecule has 0 N–H and O–H groups in total. The summed E-state index contributed by atoms with van der Waals surface area (Å²) < 4.78 is 0. The van der Waals surface area contributed by atoms with Gasteiger partial charge in [-0.1, -0.05) is 13.8 Å². The van der Waals surface area contributed by atoms with Crippen LogP contribution in [-0.2, 0) is 4.79 Å². The molecule has 3 heteroatoms. The summed E-state index contributed by atoms with van der Waals surface area (Å²) in [5, 5.41) is 0. The molecule has 0 radical (unpaired) electrons. The van der Waals surface area contributed by atoms with Gasteiger partial charge in [-0.25, -0.2) is 0 Å². The lowest BCUT2D eigenvalue weighted by atomic mass is 9.75. The molecule has 1 heterocycles. The van der Waals surface area contributed by atoms with E-state index < -0.39 is 0 Å². The van der Waals surface area contributed by atoms with Gasteiger partial charge in [0.2, 0.25) is 0 Å². The summed E-state index contributed by atoms with van der Waals surface area (Å²) in [6.45, 7) is 12.4. The first kappa shape index (κ1) is 16.0. The molecular weight excluding hydrogens is 248 g/mol. The number of piperazine rings is 1. The Hall–Kier alpha value is -0.410. The zero-order chi connectivity index (χ0) is 14.9. The molecule has 4 atom stereocenters. The summed E-state index contributed by atoms with van der Waals surface area (Å²) in [7, 11) is 2.22. The van der Waals surface area contributed by atoms with Crippen LogP contribution in [0.25, 0.3) is 0 Å². The fourth-order valence-electron chi connectivity index (χ4n) is 3.90. The fraction of sp³-hybridized carbons (Fsp3) is 0.941. The molecule has 1 saturated carbocycles. The van der Waals surface area contributed by atoms with E-state index in [2.05, 4.69) is 44.5 Å². The van der Waals surface area contributed by atoms with Gasteiger partial charge in [0.1, 0.15) is 5.78 Å². The molecule has 0 spiro atoms. The SMILES string of the molecule is CC(C)C1CCC(=O)C(CN2CC(C)N(C)C(C)C2)C1. The van der Waals surface area contributed by atoms with Crippen molar-refractivity contribution < 1.29 is 4.79 Å². The Morgan fingerprint density at radius 1 is 1.20 bits per heavy atom. The molecule has 4 unspecified atom stereocenters. The largest absolute Gasteiger partial charge is 0.300 e. The number of carbonyl (C=O) groups excluding carboxylic acids is 1. The van der Waals surface area contributed by atoms with Gasteiger partial charge in [-0.2, -0.15) is 0 Å². The third-order valence-electron chi connectivity index (χ3n) is 5.66. The fourth-order valence-corrected chi connectivity index (χ4v) is 3.90. The third-order valence-corrected chi connectivity index (χ3v) is 5.66. The van der Waals surface area contributed by atoms with Crippen LogP contribution in [0.1, 0.15) is 47.0 Å². The number of nitrogens with zero attached hydrogens (tertiary/aromatic N) is 2. The van der Waals surface area contributed by atoms with Gasteiger partial charge in [-0.15, -0.1) is 0 Å². The van der Waals surface area contributed by atoms with Gasteiger partial charge in [-0.3, -0.25) is 14.6 Å². The van der Waals surface area contributed by atoms with Gasteiger partial charge in [0.15, 0.2) is 0 Å². The highest BCUT2D eigenvalue weighted by Crippen LogP contribution is 2.32. The second-order valence-electron chi connectivity index (χ2n) is 7.52. The second kappa shape index (κ2) is 6.57. The van der Waals surface area contributed by atoms with Crippen molar-refractivity contribution in [1.29, 1.82) is 0 Å². The third kappa shape index (κ3) is 3.62. The number of carbonyl (C=O) groups is 1. The first-order chi connectivity index (χ1) is 9.38. The number of rotatable bonds is 3. The maximum atomic E-state index is 12.2. The van der Waals surface area contributed by atoms with E-state index in [-0.39, 0.29) is 0 Å². The first-order valence-corrected chi connectivity index (χ1v) is 8.35. The quantitative estimate of drug-likeness (QED) is 0.794. The monoisotopic (exact) mass is 280 g/mol. The standard InChI is InChI=1S/C17H32N2O/c1-12(2)15-6-7-17(20)16(8-15)11-19-9-13(3)18(5)14(4)10-19/h12-16H,6-11H2,1-5H3. The van der Waals surface area contributed by atoms with E-state index in [1.165, 1.54) is 0 Å². The summed E-state index contributed by atoms with van der Waals surface area (Å²) >= 11 is 0. The lowest BCUT2D eigenvalue weighted by Gasteiger charge is -2.44. The van der Waals surface area contributed by atoms with Gasteiger partial charge < -0.3 is 0 Å². The zero-order valence-electron chi connectivity index (χ0n) is 13.9. The summed E-state index contributed by atoms with van der Waals surface area (Å²) in [4.78, 5) is 17.2. The summed E-state index contributed by atoms with van der Waals surface area (Å²) in [6, 6.07) is 1.19. The molecule has 0 aromatic carbocycles. The topological polar surface area (TPSA) is 23.6 Å². The Morgan fingerprint density at radius 2 is 1.80 bits per heavy atom. The number of hydrogen-bond acceptors (Lipinski definition) is 3. The first-order valence-electron chi connectivity index (χ1n) is 8.35. The van der Waals surface area contributed by atoms with Crippen molar-refractivity contribution in [3.8, 4) is 0 Å². The van der Waals surface area contributed by atoms with Crippen molar-refractivity contribution in [2.24, 2.45) is 17.8 Å². The predicted octanol–water partition coefficient (Wildman–Crippen LogP) is 2.65. The molecule has 0 aromatic heterocycles. The van der Waals surface area contributed by atoms with Crippen LogP contribution < -0.4 is 0 Å². The Kier molecular flexibility index (Phi) is 5.25. The van der Waals surface area contributed by atoms with Gasteiger partial charge in [0.05, 0.1) is 0 Å². The normalized spacial score (nSPS) is 37.6. The van der Waals surface area contributed by atoms with Gasteiger partial charge in [0.25, 0.3) is 0 Å². The lowest BCUT2D eigenvalue weighted by molar-refractivity contribution is -0.127. The summed E-state index contributed by atoms with van der Waals surface area (Å²) in [5.74, 6) is 2.27. The van der Waals surface area contributed by atoms with Crippen molar-refractivity contribution in [3.63, 3.8) is 0 Å². The molecule has 1 aliphatic heterocycles. The molecule has 2 aliphatic rings. The van der Waals surface area contributed by atoms with Gasteiger partial charge in [0, 0.05) is 44.1 Å². The van der Waals surface area contributed by atoms with Gasteiger partial charge >= 0.3 is 0 Å². The van der Waals surface area contributed by atoms with Crippen LogP contribution in [0.2, 0.25) is 0 Å². The zero-order valence-corrected chi connectivity index (χ0v) is 13.9. The highest BCUT2D eigenvalue weighted by molar-refractivity contribution is 5.82. The Morgan fingerprint density at radius 3 is 2.35 bits per heavy atom. The van der Waals surface area contributed by atoms with Gasteiger partial charge in [-0.05, 0) is 45.6 Å². The summed E-state index contributed by atoms with van der Waals surface area (Å²) in [5.41, 5.74) is 0. The van der Waals surface area contributed by atoms with E-state index in [9.17, 15) is 4.79 Å². The number of ketones is 1. The van der Waals surface area contributed by atoms with Crippen molar-refractivity contribution in [2.45, 2.75) is 59.0 Å². The smallest absolute Gasteiger partial charge is 0.137 e. The van der Waals surface area contributed by atoms with E-state index in [0.717, 1.165) is 50.7 Å². The molecule has 0 bridgehead atoms. The van der Waals surface area contributed by atoms with Crippen LogP contribution in [-0.4, -0.2) is 54.3 Å². The minimum Gasteiger partial charge on any atom is -0.300 e. The van der Waals surface area contributed by atoms with E-state index in [1.807, 2.05) is 0 Å². The Balaban J connectivity index is 1.93. The van der Waals surface area contributed by atoms with Crippen LogP contribution >= 0.6 is 0 Å². The minimum atomic E-state index is 0.291. The van der Waals surface area contributed by atoms with E-state index >= 15 is 0 Å². The van der Waals surface area contributed by atoms with Crippen LogP contribution in [0.3, 0.4) is 0 Å². The maximum Gasteiger partial charge on any atom is 0.137 e. The second-order valence-corrected chi connectivity index (χ2v) is 7.52. The molecule has 2 rings (SSSR count). The molecule has 1 aliphatic carbocycles. The molecule has 3 nitrogen and oxygen atoms in total. The lowest BCUT2D eigenvalue weighted by Crippen LogP contribution is -2.56. The van der Waals surface area contributed by atoms with Crippen LogP contribution in [0.4, 0.5) is 0 Å². The van der Waals surface area contributed by atoms with E-state index in [4.69, 9.17) is 0 Å². The molecule has 0 aromatic rings. The maximum absolute atomic E-state index is 12.2. The van der Waals surface area contributed by atoms with Crippen molar-refractivity contribution >= 4 is 5.78 Å². The van der Waals surface area contributed by atoms with Crippen molar-refractivity contribution in [3.05, 3.63) is 0 Å². The minimum absolute atomic E-state index is 0.291. The highest BCUT2D eigenvalue weighted by atomic mass is 16.1. The number of hydrogen-bond donors (Lipinski definition) is 0. The molecule has 1 saturated heterocycles. The average Bonchev–Trinajstić information content (AvgIpc) is 2.38. The average molecular weight is 280 g/mol. The predicted molar refractivity (Wildman–Crippen MR) is 83.8 cm³/mol. The van der Waals surface area contributed by atoms with Crippen LogP contribution in [0, 0.1) is 17.8 Å². The molecule has 0 amide bonds. The Bertz CT molecular complexity index is 330. The summed E-state index contributed by atoms with van der Waals surface area (Å²) in [6.07, 6.45) is 3.04. The molecular formula is C17H32N2O. The van der Waals surface area contributed by atoms with E-state index in [1.54, 1.807) is 0 Å². The van der Waals surface area contributed by atoms with Crippen LogP contribution in [0.5, 0.6) is 0 Å². The number of Topliss-reactive ketones (excluding diaryl/α,β-unsaturated/α-hetero) is 1. The highest BCUT2D eigenvalue weighted by Gasteiger charge is 2.34. The Labute approximate surface area is 124 Å². The van der Waals surface area contributed by atoms with Crippen LogP contribution in [0.15, 0.2) is 0 Å². The van der Waals surface area contributed by atoms with Crippen molar-refractivity contribution in [1.82, 2.24) is 9.80 Å². The van der Waals surface area contributed by atoms with E-state index in [0.29, 0.717) is 23.8 Å². The number of likely N-dealkylation sites (N-methyl/N-ethyl adjacent to an activating group) is 1. The molecule has 2 fully saturated rings. The van der Waals surface area contributed by atoms with Crippen molar-refractivity contribution in [2.75, 3.05) is 26.7 Å². The molecule has 116 valence electrons. The molecule has 20 heavy (non-hydrogen) atoms.